The molecule has 0 saturated heterocycles. The molecule has 0 aliphatic heterocycles. The number of hydrogen-bond acceptors (Lipinski definition) is 7. The van der Waals surface area contributed by atoms with E-state index in [1.807, 2.05) is 0 Å². The summed E-state index contributed by atoms with van der Waals surface area (Å²) in [7, 11) is 4.27. The van der Waals surface area contributed by atoms with Crippen LogP contribution in [0.4, 0.5) is 11.4 Å². The zero-order valence-corrected chi connectivity index (χ0v) is 17.3. The van der Waals surface area contributed by atoms with Gasteiger partial charge in [0.25, 0.3) is 0 Å². The number of nitrogens with one attached hydrogen (secondary N) is 1. The van der Waals surface area contributed by atoms with E-state index in [1.54, 1.807) is 44.4 Å². The van der Waals surface area contributed by atoms with Gasteiger partial charge >= 0.3 is 11.9 Å². The molecule has 0 radical (unpaired) electrons. The number of methoxy groups -OCH3 is 3. The van der Waals surface area contributed by atoms with Crippen molar-refractivity contribution in [3.63, 3.8) is 0 Å². The van der Waals surface area contributed by atoms with Gasteiger partial charge in [-0.05, 0) is 37.3 Å². The number of carbonyl (C=O) groups is 2. The van der Waals surface area contributed by atoms with Crippen LogP contribution in [0.5, 0.6) is 11.5 Å². The maximum atomic E-state index is 11.9. The average Bonchev–Trinajstić information content (AvgIpc) is 2.73. The Bertz CT molecular complexity index is 926. The van der Waals surface area contributed by atoms with E-state index in [4.69, 9.17) is 30.5 Å². The second-order valence-electron chi connectivity index (χ2n) is 5.69. The highest BCUT2D eigenvalue weighted by Gasteiger charge is 2.17. The Morgan fingerprint density at radius 1 is 1.07 bits per heavy atom. The molecule has 8 heteroatoms. The summed E-state index contributed by atoms with van der Waals surface area (Å²) in [6.07, 6.45) is 2.93. The minimum atomic E-state index is -0.558. The summed E-state index contributed by atoms with van der Waals surface area (Å²) in [4.78, 5) is 23.6. The SMILES string of the molecule is CCOC(=O)/C=C/c1cc(OC)ccc1Nc1cc(OC)c(C(=O)OC)cc1Cl. The molecule has 0 aliphatic rings. The van der Waals surface area contributed by atoms with Crippen LogP contribution < -0.4 is 14.8 Å². The summed E-state index contributed by atoms with van der Waals surface area (Å²) < 4.78 is 20.2. The quantitative estimate of drug-likeness (QED) is 0.499. The standard InChI is InChI=1S/C21H22ClNO6/c1-5-29-20(24)9-6-13-10-14(26-2)7-8-17(13)23-18-12-19(27-3)15(11-16(18)22)21(25)28-4/h6-12,23H,5H2,1-4H3/b9-6+. The average molecular weight is 420 g/mol. The molecule has 0 aromatic heterocycles. The van der Waals surface area contributed by atoms with E-state index >= 15 is 0 Å². The lowest BCUT2D eigenvalue weighted by atomic mass is 10.1. The number of halogens is 1. The maximum Gasteiger partial charge on any atom is 0.341 e. The van der Waals surface area contributed by atoms with E-state index in [0.717, 1.165) is 0 Å². The van der Waals surface area contributed by atoms with Crippen molar-refractivity contribution < 1.29 is 28.5 Å². The lowest BCUT2D eigenvalue weighted by molar-refractivity contribution is -0.137. The molecular formula is C21H22ClNO6. The second kappa shape index (κ2) is 10.4. The van der Waals surface area contributed by atoms with Crippen molar-refractivity contribution in [2.75, 3.05) is 33.3 Å². The van der Waals surface area contributed by atoms with Crippen molar-refractivity contribution in [1.82, 2.24) is 0 Å². The number of carbonyl (C=O) groups excluding carboxylic acids is 2. The number of hydrogen-bond donors (Lipinski definition) is 1. The molecule has 1 N–H and O–H groups in total. The van der Waals surface area contributed by atoms with Gasteiger partial charge in [-0.3, -0.25) is 0 Å². The molecule has 0 fully saturated rings. The monoisotopic (exact) mass is 419 g/mol. The third kappa shape index (κ3) is 5.65. The van der Waals surface area contributed by atoms with Crippen LogP contribution >= 0.6 is 11.6 Å². The van der Waals surface area contributed by atoms with E-state index in [9.17, 15) is 9.59 Å². The van der Waals surface area contributed by atoms with Gasteiger partial charge < -0.3 is 24.3 Å². The van der Waals surface area contributed by atoms with Crippen LogP contribution in [0.25, 0.3) is 6.08 Å². The Balaban J connectivity index is 2.43. The number of anilines is 2. The van der Waals surface area contributed by atoms with E-state index in [2.05, 4.69) is 5.32 Å². The Hall–Kier alpha value is -3.19. The van der Waals surface area contributed by atoms with Crippen LogP contribution in [0.15, 0.2) is 36.4 Å². The first-order valence-corrected chi connectivity index (χ1v) is 9.07. The number of ether oxygens (including phenoxy) is 4. The number of esters is 2. The third-order valence-corrected chi connectivity index (χ3v) is 4.22. The first-order chi connectivity index (χ1) is 13.9. The summed E-state index contributed by atoms with van der Waals surface area (Å²) in [6.45, 7) is 2.02. The number of benzene rings is 2. The summed E-state index contributed by atoms with van der Waals surface area (Å²) in [6, 6.07) is 8.36. The van der Waals surface area contributed by atoms with Crippen molar-refractivity contribution in [2.45, 2.75) is 6.92 Å². The van der Waals surface area contributed by atoms with Gasteiger partial charge in [-0.15, -0.1) is 0 Å². The largest absolute Gasteiger partial charge is 0.497 e. The van der Waals surface area contributed by atoms with Crippen molar-refractivity contribution >= 4 is 41.0 Å². The third-order valence-electron chi connectivity index (χ3n) is 3.91. The lowest BCUT2D eigenvalue weighted by Crippen LogP contribution is -2.05. The van der Waals surface area contributed by atoms with Gasteiger partial charge in [0.05, 0.1) is 38.6 Å². The fourth-order valence-electron chi connectivity index (χ4n) is 2.50. The normalized spacial score (nSPS) is 10.5. The molecule has 7 nitrogen and oxygen atoms in total. The topological polar surface area (TPSA) is 83.1 Å². The highest BCUT2D eigenvalue weighted by Crippen LogP contribution is 2.35. The zero-order valence-electron chi connectivity index (χ0n) is 16.6. The maximum absolute atomic E-state index is 11.9. The Labute approximate surface area is 174 Å². The molecule has 0 unspecified atom stereocenters. The van der Waals surface area contributed by atoms with Gasteiger partial charge in [0, 0.05) is 23.4 Å². The van der Waals surface area contributed by atoms with E-state index in [-0.39, 0.29) is 12.2 Å². The molecule has 0 atom stereocenters. The Morgan fingerprint density at radius 2 is 1.83 bits per heavy atom. The summed E-state index contributed by atoms with van der Waals surface area (Å²) in [5.74, 6) is -0.0918. The van der Waals surface area contributed by atoms with Crippen LogP contribution in [0.2, 0.25) is 5.02 Å². The highest BCUT2D eigenvalue weighted by atomic mass is 35.5. The molecule has 154 valence electrons. The summed E-state index contributed by atoms with van der Waals surface area (Å²) in [5, 5.41) is 3.48. The van der Waals surface area contributed by atoms with Gasteiger partial charge in [-0.25, -0.2) is 9.59 Å². The van der Waals surface area contributed by atoms with Crippen LogP contribution in [0.1, 0.15) is 22.8 Å². The first kappa shape index (κ1) is 22.1. The van der Waals surface area contributed by atoms with E-state index in [0.29, 0.717) is 33.5 Å². The molecule has 2 aromatic carbocycles. The molecule has 29 heavy (non-hydrogen) atoms. The fraction of sp³-hybridized carbons (Fsp3) is 0.238. The highest BCUT2D eigenvalue weighted by molar-refractivity contribution is 6.33. The van der Waals surface area contributed by atoms with Crippen LogP contribution in [-0.2, 0) is 14.3 Å². The number of rotatable bonds is 8. The minimum absolute atomic E-state index is 0.211. The Morgan fingerprint density at radius 3 is 2.45 bits per heavy atom. The van der Waals surface area contributed by atoms with Gasteiger partial charge in [0.2, 0.25) is 0 Å². The predicted octanol–water partition coefficient (Wildman–Crippen LogP) is 4.46. The molecule has 0 heterocycles. The van der Waals surface area contributed by atoms with Crippen molar-refractivity contribution in [3.8, 4) is 11.5 Å². The fourth-order valence-corrected chi connectivity index (χ4v) is 2.71. The minimum Gasteiger partial charge on any atom is -0.497 e. The molecule has 2 aromatic rings. The van der Waals surface area contributed by atoms with Gasteiger partial charge in [-0.1, -0.05) is 11.6 Å². The predicted molar refractivity (Wildman–Crippen MR) is 111 cm³/mol. The molecule has 0 aliphatic carbocycles. The molecule has 2 rings (SSSR count). The van der Waals surface area contributed by atoms with Crippen LogP contribution in [0, 0.1) is 0 Å². The molecule has 0 amide bonds. The van der Waals surface area contributed by atoms with Crippen LogP contribution in [0.3, 0.4) is 0 Å². The first-order valence-electron chi connectivity index (χ1n) is 8.69. The second-order valence-corrected chi connectivity index (χ2v) is 6.09. The Kier molecular flexibility index (Phi) is 7.91. The smallest absolute Gasteiger partial charge is 0.341 e. The van der Waals surface area contributed by atoms with Gasteiger partial charge in [0.1, 0.15) is 17.1 Å². The molecule has 0 spiro atoms. The van der Waals surface area contributed by atoms with Crippen molar-refractivity contribution in [1.29, 1.82) is 0 Å². The van der Waals surface area contributed by atoms with Crippen LogP contribution in [-0.4, -0.2) is 39.9 Å². The van der Waals surface area contributed by atoms with E-state index in [1.165, 1.54) is 26.4 Å². The summed E-state index contributed by atoms with van der Waals surface area (Å²) >= 11 is 6.35. The lowest BCUT2D eigenvalue weighted by Gasteiger charge is -2.15. The molecule has 0 bridgehead atoms. The van der Waals surface area contributed by atoms with E-state index < -0.39 is 11.9 Å². The molecular weight excluding hydrogens is 398 g/mol. The van der Waals surface area contributed by atoms with Crippen molar-refractivity contribution in [3.05, 3.63) is 52.6 Å². The van der Waals surface area contributed by atoms with Gasteiger partial charge in [0.15, 0.2) is 0 Å². The molecule has 0 saturated carbocycles. The van der Waals surface area contributed by atoms with Gasteiger partial charge in [-0.2, -0.15) is 0 Å². The zero-order chi connectivity index (χ0) is 21.4. The summed E-state index contributed by atoms with van der Waals surface area (Å²) in [5.41, 5.74) is 2.04. The van der Waals surface area contributed by atoms with Crippen molar-refractivity contribution in [2.24, 2.45) is 0 Å².